The fraction of sp³-hybridized carbons (Fsp3) is 0.733. The highest BCUT2D eigenvalue weighted by Gasteiger charge is 2.37. The molecule has 10 heteroatoms. The second kappa shape index (κ2) is 9.04. The first-order chi connectivity index (χ1) is 11.9. The van der Waals surface area contributed by atoms with E-state index in [0.717, 1.165) is 19.4 Å². The Morgan fingerprint density at radius 3 is 2.60 bits per heavy atom. The first-order valence-corrected chi connectivity index (χ1v) is 9.02. The lowest BCUT2D eigenvalue weighted by Crippen LogP contribution is -2.54. The fourth-order valence-corrected chi connectivity index (χ4v) is 3.36. The number of carboxylic acid groups (broad SMARTS) is 1. The largest absolute Gasteiger partial charge is 0.480 e. The molecule has 3 atom stereocenters. The fourth-order valence-electron chi connectivity index (χ4n) is 3.12. The van der Waals surface area contributed by atoms with Crippen molar-refractivity contribution in [1.82, 2.24) is 20.9 Å². The van der Waals surface area contributed by atoms with Gasteiger partial charge in [-0.1, -0.05) is 0 Å². The molecule has 2 saturated heterocycles. The van der Waals surface area contributed by atoms with Crippen LogP contribution in [0.25, 0.3) is 0 Å². The third kappa shape index (κ3) is 5.08. The van der Waals surface area contributed by atoms with Gasteiger partial charge in [0.2, 0.25) is 17.7 Å². The molecular weight excluding hydrogens is 348 g/mol. The number of aliphatic carboxylic acids is 1. The Hall–Kier alpha value is -1.81. The van der Waals surface area contributed by atoms with E-state index in [9.17, 15) is 19.2 Å². The number of carbonyl (C=O) groups is 4. The zero-order valence-corrected chi connectivity index (χ0v) is 14.8. The number of rotatable bonds is 7. The van der Waals surface area contributed by atoms with Gasteiger partial charge < -0.3 is 26.0 Å². The molecule has 25 heavy (non-hydrogen) atoms. The second-order valence-corrected chi connectivity index (χ2v) is 6.56. The van der Waals surface area contributed by atoms with Crippen molar-refractivity contribution in [2.45, 2.75) is 43.8 Å². The van der Waals surface area contributed by atoms with Gasteiger partial charge in [-0.2, -0.15) is 12.6 Å². The van der Waals surface area contributed by atoms with Crippen LogP contribution in [0.3, 0.4) is 0 Å². The average Bonchev–Trinajstić information content (AvgIpc) is 3.28. The third-order valence-corrected chi connectivity index (χ3v) is 4.80. The van der Waals surface area contributed by atoms with Crippen molar-refractivity contribution in [2.75, 3.05) is 25.4 Å². The van der Waals surface area contributed by atoms with Crippen LogP contribution in [0.2, 0.25) is 0 Å². The van der Waals surface area contributed by atoms with Crippen molar-refractivity contribution >= 4 is 36.3 Å². The van der Waals surface area contributed by atoms with Gasteiger partial charge in [0.15, 0.2) is 0 Å². The number of hydrogen-bond acceptors (Lipinski definition) is 6. The molecule has 4 N–H and O–H groups in total. The van der Waals surface area contributed by atoms with Crippen LogP contribution >= 0.6 is 12.6 Å². The highest BCUT2D eigenvalue weighted by Crippen LogP contribution is 2.18. The summed E-state index contributed by atoms with van der Waals surface area (Å²) < 4.78 is 0. The predicted molar refractivity (Wildman–Crippen MR) is 92.2 cm³/mol. The summed E-state index contributed by atoms with van der Waals surface area (Å²) >= 11 is 4.08. The molecule has 2 aliphatic rings. The minimum absolute atomic E-state index is 0.0472. The molecule has 0 aliphatic carbocycles. The number of amides is 3. The van der Waals surface area contributed by atoms with Gasteiger partial charge in [0, 0.05) is 12.3 Å². The molecular formula is C15H24N4O5S. The number of carboxylic acids is 1. The Morgan fingerprint density at radius 1 is 1.24 bits per heavy atom. The summed E-state index contributed by atoms with van der Waals surface area (Å²) in [4.78, 5) is 48.8. The Morgan fingerprint density at radius 2 is 2.00 bits per heavy atom. The van der Waals surface area contributed by atoms with Crippen LogP contribution in [-0.2, 0) is 19.2 Å². The summed E-state index contributed by atoms with van der Waals surface area (Å²) in [6.45, 7) is 0.887. The predicted octanol–water partition coefficient (Wildman–Crippen LogP) is -1.66. The summed E-state index contributed by atoms with van der Waals surface area (Å²) in [5, 5.41) is 17.2. The molecule has 2 rings (SSSR count). The van der Waals surface area contributed by atoms with Gasteiger partial charge in [-0.05, 0) is 32.2 Å². The molecule has 9 nitrogen and oxygen atoms in total. The van der Waals surface area contributed by atoms with Crippen LogP contribution in [-0.4, -0.2) is 77.2 Å². The number of likely N-dealkylation sites (tertiary alicyclic amines) is 1. The first kappa shape index (κ1) is 19.5. The van der Waals surface area contributed by atoms with E-state index >= 15 is 0 Å². The minimum atomic E-state index is -1.05. The molecule has 0 bridgehead atoms. The highest BCUT2D eigenvalue weighted by molar-refractivity contribution is 7.80. The van der Waals surface area contributed by atoms with Gasteiger partial charge >= 0.3 is 5.97 Å². The zero-order valence-electron chi connectivity index (χ0n) is 13.9. The maximum atomic E-state index is 12.5. The number of carbonyl (C=O) groups excluding carboxylic acids is 3. The summed E-state index contributed by atoms with van der Waals surface area (Å²) in [6, 6.07) is -2.06. The van der Waals surface area contributed by atoms with Gasteiger partial charge in [-0.15, -0.1) is 0 Å². The average molecular weight is 372 g/mol. The van der Waals surface area contributed by atoms with E-state index in [-0.39, 0.29) is 24.2 Å². The molecule has 2 heterocycles. The molecule has 140 valence electrons. The van der Waals surface area contributed by atoms with Crippen LogP contribution in [0.15, 0.2) is 0 Å². The van der Waals surface area contributed by atoms with Crippen LogP contribution in [0, 0.1) is 0 Å². The summed E-state index contributed by atoms with van der Waals surface area (Å²) in [5.74, 6) is -2.22. The summed E-state index contributed by atoms with van der Waals surface area (Å²) in [7, 11) is 0. The first-order valence-electron chi connectivity index (χ1n) is 8.38. The van der Waals surface area contributed by atoms with Gasteiger partial charge in [-0.25, -0.2) is 4.79 Å². The van der Waals surface area contributed by atoms with Crippen LogP contribution in [0.5, 0.6) is 0 Å². The van der Waals surface area contributed by atoms with E-state index in [1.807, 2.05) is 0 Å². The van der Waals surface area contributed by atoms with E-state index in [4.69, 9.17) is 5.11 Å². The van der Waals surface area contributed by atoms with E-state index in [1.54, 1.807) is 0 Å². The van der Waals surface area contributed by atoms with Crippen molar-refractivity contribution in [3.8, 4) is 0 Å². The highest BCUT2D eigenvalue weighted by atomic mass is 32.1. The van der Waals surface area contributed by atoms with Gasteiger partial charge in [-0.3, -0.25) is 14.4 Å². The van der Waals surface area contributed by atoms with E-state index in [2.05, 4.69) is 28.6 Å². The second-order valence-electron chi connectivity index (χ2n) is 6.20. The third-order valence-electron chi connectivity index (χ3n) is 4.44. The Kier molecular flexibility index (Phi) is 7.06. The normalized spacial score (nSPS) is 24.0. The van der Waals surface area contributed by atoms with Gasteiger partial charge in [0.05, 0.1) is 12.6 Å². The zero-order chi connectivity index (χ0) is 18.4. The number of hydrogen-bond donors (Lipinski definition) is 5. The van der Waals surface area contributed by atoms with Crippen molar-refractivity contribution in [3.05, 3.63) is 0 Å². The quantitative estimate of drug-likeness (QED) is 0.341. The van der Waals surface area contributed by atoms with Crippen LogP contribution < -0.4 is 16.0 Å². The number of nitrogens with one attached hydrogen (secondary N) is 3. The molecule has 0 aromatic heterocycles. The van der Waals surface area contributed by atoms with Crippen LogP contribution in [0.4, 0.5) is 0 Å². The van der Waals surface area contributed by atoms with Crippen molar-refractivity contribution in [3.63, 3.8) is 0 Å². The lowest BCUT2D eigenvalue weighted by atomic mass is 10.2. The minimum Gasteiger partial charge on any atom is -0.480 e. The maximum absolute atomic E-state index is 12.5. The smallest absolute Gasteiger partial charge is 0.326 e. The molecule has 2 aliphatic heterocycles. The topological polar surface area (TPSA) is 128 Å². The lowest BCUT2D eigenvalue weighted by Gasteiger charge is -2.26. The van der Waals surface area contributed by atoms with E-state index in [0.29, 0.717) is 19.4 Å². The van der Waals surface area contributed by atoms with Crippen molar-refractivity contribution in [2.24, 2.45) is 0 Å². The molecule has 0 radical (unpaired) electrons. The standard InChI is InChI=1S/C15H24N4O5S/c20-12(7-17-13(21)9-3-1-5-16-9)18-10(8-25)14(22)19-6-2-4-11(19)15(23)24/h9-11,16,25H,1-8H2,(H,17,21)(H,18,20)(H,23,24). The van der Waals surface area contributed by atoms with Crippen molar-refractivity contribution < 1.29 is 24.3 Å². The number of thiol groups is 1. The van der Waals surface area contributed by atoms with E-state index < -0.39 is 29.9 Å². The summed E-state index contributed by atoms with van der Waals surface area (Å²) in [6.07, 6.45) is 2.66. The summed E-state index contributed by atoms with van der Waals surface area (Å²) in [5.41, 5.74) is 0. The Balaban J connectivity index is 1.83. The molecule has 2 fully saturated rings. The molecule has 3 amide bonds. The maximum Gasteiger partial charge on any atom is 0.326 e. The monoisotopic (exact) mass is 372 g/mol. The molecule has 3 unspecified atom stereocenters. The number of nitrogens with zero attached hydrogens (tertiary/aromatic N) is 1. The Bertz CT molecular complexity index is 538. The SMILES string of the molecule is O=C(CNC(=O)C1CCCN1)NC(CS)C(=O)N1CCCC1C(=O)O. The lowest BCUT2D eigenvalue weighted by molar-refractivity contribution is -0.149. The van der Waals surface area contributed by atoms with Gasteiger partial charge in [0.1, 0.15) is 12.1 Å². The van der Waals surface area contributed by atoms with Gasteiger partial charge in [0.25, 0.3) is 0 Å². The van der Waals surface area contributed by atoms with Crippen LogP contribution in [0.1, 0.15) is 25.7 Å². The Labute approximate surface area is 151 Å². The molecule has 0 aromatic rings. The molecule has 0 spiro atoms. The van der Waals surface area contributed by atoms with E-state index in [1.165, 1.54) is 4.90 Å². The van der Waals surface area contributed by atoms with Crippen molar-refractivity contribution in [1.29, 1.82) is 0 Å². The molecule has 0 aromatic carbocycles. The molecule has 0 saturated carbocycles.